The van der Waals surface area contributed by atoms with E-state index in [1.807, 2.05) is 29.6 Å². The summed E-state index contributed by atoms with van der Waals surface area (Å²) in [5.41, 5.74) is 15.0. The second-order valence-corrected chi connectivity index (χ2v) is 7.75. The van der Waals surface area contributed by atoms with Gasteiger partial charge in [-0.15, -0.1) is 11.3 Å². The van der Waals surface area contributed by atoms with Gasteiger partial charge >= 0.3 is 0 Å². The molecule has 28 heavy (non-hydrogen) atoms. The van der Waals surface area contributed by atoms with Crippen molar-refractivity contribution < 1.29 is 4.79 Å². The van der Waals surface area contributed by atoms with Crippen molar-refractivity contribution in [2.45, 2.75) is 18.9 Å². The molecule has 0 saturated carbocycles. The molecule has 0 bridgehead atoms. The predicted molar refractivity (Wildman–Crippen MR) is 114 cm³/mol. The van der Waals surface area contributed by atoms with Crippen LogP contribution in [0.1, 0.15) is 23.3 Å². The molecule has 1 aliphatic rings. The van der Waals surface area contributed by atoms with Gasteiger partial charge in [0.05, 0.1) is 33.8 Å². The first-order chi connectivity index (χ1) is 13.6. The molecule has 3 aromatic rings. The number of aromatic nitrogens is 2. The third kappa shape index (κ3) is 3.83. The quantitative estimate of drug-likeness (QED) is 0.627. The normalized spacial score (nSPS) is 16.8. The lowest BCUT2D eigenvalue weighted by molar-refractivity contribution is 0.102. The van der Waals surface area contributed by atoms with Crippen molar-refractivity contribution in [3.63, 3.8) is 0 Å². The summed E-state index contributed by atoms with van der Waals surface area (Å²) >= 11 is 1.56. The summed E-state index contributed by atoms with van der Waals surface area (Å²) in [4.78, 5) is 24.8. The van der Waals surface area contributed by atoms with Gasteiger partial charge in [0.15, 0.2) is 5.69 Å². The third-order valence-electron chi connectivity index (χ3n) is 4.76. The van der Waals surface area contributed by atoms with Crippen LogP contribution in [-0.4, -0.2) is 35.0 Å². The highest BCUT2D eigenvalue weighted by Crippen LogP contribution is 2.29. The van der Waals surface area contributed by atoms with Crippen molar-refractivity contribution in [1.82, 2.24) is 9.97 Å². The van der Waals surface area contributed by atoms with E-state index in [2.05, 4.69) is 20.2 Å². The third-order valence-corrected chi connectivity index (χ3v) is 5.65. The minimum absolute atomic E-state index is 0.130. The number of hydrogen-bond acceptors (Lipinski definition) is 7. The van der Waals surface area contributed by atoms with Crippen LogP contribution in [-0.2, 0) is 0 Å². The molecule has 0 spiro atoms. The average molecular weight is 395 g/mol. The van der Waals surface area contributed by atoms with Gasteiger partial charge in [0.2, 0.25) is 0 Å². The first kappa shape index (κ1) is 18.4. The van der Waals surface area contributed by atoms with Gasteiger partial charge in [-0.05, 0) is 42.5 Å². The van der Waals surface area contributed by atoms with Gasteiger partial charge in [-0.2, -0.15) is 0 Å². The zero-order chi connectivity index (χ0) is 19.5. The van der Waals surface area contributed by atoms with Crippen LogP contribution < -0.4 is 21.7 Å². The van der Waals surface area contributed by atoms with E-state index in [-0.39, 0.29) is 17.6 Å². The van der Waals surface area contributed by atoms with E-state index < -0.39 is 0 Å². The highest BCUT2D eigenvalue weighted by Gasteiger charge is 2.21. The molecule has 0 aromatic carbocycles. The lowest BCUT2D eigenvalue weighted by Crippen LogP contribution is -2.43. The maximum atomic E-state index is 12.9. The summed E-state index contributed by atoms with van der Waals surface area (Å²) < 4.78 is 0. The van der Waals surface area contributed by atoms with E-state index in [4.69, 9.17) is 11.5 Å². The molecule has 0 aliphatic carbocycles. The number of nitrogens with one attached hydrogen (secondary N) is 1. The molecule has 1 saturated heterocycles. The van der Waals surface area contributed by atoms with Crippen molar-refractivity contribution in [1.29, 1.82) is 0 Å². The molecule has 1 unspecified atom stereocenters. The van der Waals surface area contributed by atoms with Crippen LogP contribution >= 0.6 is 11.3 Å². The fraction of sp³-hybridized carbons (Fsp3) is 0.250. The Bertz CT molecular complexity index is 975. The zero-order valence-electron chi connectivity index (χ0n) is 15.3. The van der Waals surface area contributed by atoms with Crippen molar-refractivity contribution in [3.8, 4) is 10.6 Å². The number of thiophene rings is 1. The molecule has 144 valence electrons. The summed E-state index contributed by atoms with van der Waals surface area (Å²) in [5.74, 6) is -0.355. The van der Waals surface area contributed by atoms with Crippen molar-refractivity contribution in [3.05, 3.63) is 53.8 Å². The van der Waals surface area contributed by atoms with E-state index >= 15 is 0 Å². The van der Waals surface area contributed by atoms with E-state index in [0.717, 1.165) is 42.2 Å². The molecule has 1 atom stereocenters. The second-order valence-electron chi connectivity index (χ2n) is 6.81. The number of anilines is 3. The highest BCUT2D eigenvalue weighted by atomic mass is 32.1. The largest absolute Gasteiger partial charge is 0.397 e. The Kier molecular flexibility index (Phi) is 5.23. The van der Waals surface area contributed by atoms with Crippen LogP contribution in [0.5, 0.6) is 0 Å². The molecule has 1 fully saturated rings. The molecule has 5 N–H and O–H groups in total. The van der Waals surface area contributed by atoms with E-state index in [1.54, 1.807) is 29.8 Å². The van der Waals surface area contributed by atoms with Crippen LogP contribution in [0.25, 0.3) is 10.6 Å². The Labute approximate surface area is 167 Å². The van der Waals surface area contributed by atoms with E-state index in [9.17, 15) is 4.79 Å². The van der Waals surface area contributed by atoms with Gasteiger partial charge in [-0.25, -0.2) is 4.98 Å². The SMILES string of the molecule is Nc1ccc(-c2cccs2)nc1C(=O)Nc1cnccc1N1CCCC(N)C1. The lowest BCUT2D eigenvalue weighted by Gasteiger charge is -2.33. The number of amides is 1. The van der Waals surface area contributed by atoms with Crippen molar-refractivity contribution in [2.24, 2.45) is 5.73 Å². The molecule has 0 radical (unpaired) electrons. The van der Waals surface area contributed by atoms with Crippen LogP contribution in [0.4, 0.5) is 17.1 Å². The van der Waals surface area contributed by atoms with Gasteiger partial charge in [-0.1, -0.05) is 6.07 Å². The Balaban J connectivity index is 1.60. The molecule has 1 aliphatic heterocycles. The van der Waals surface area contributed by atoms with Gasteiger partial charge in [-0.3, -0.25) is 9.78 Å². The molecular weight excluding hydrogens is 372 g/mol. The van der Waals surface area contributed by atoms with Crippen LogP contribution in [0, 0.1) is 0 Å². The summed E-state index contributed by atoms with van der Waals surface area (Å²) in [6, 6.07) is 9.47. The van der Waals surface area contributed by atoms with E-state index in [1.165, 1.54) is 0 Å². The summed E-state index contributed by atoms with van der Waals surface area (Å²) in [5, 5.41) is 4.90. The molecular formula is C20H22N6OS. The zero-order valence-corrected chi connectivity index (χ0v) is 16.2. The number of carbonyl (C=O) groups is 1. The number of rotatable bonds is 4. The average Bonchev–Trinajstić information content (AvgIpc) is 3.23. The minimum atomic E-state index is -0.355. The Hall–Kier alpha value is -2.97. The number of carbonyl (C=O) groups excluding carboxylic acids is 1. The second kappa shape index (κ2) is 7.95. The van der Waals surface area contributed by atoms with Gasteiger partial charge in [0, 0.05) is 25.3 Å². The molecule has 8 heteroatoms. The Morgan fingerprint density at radius 1 is 1.29 bits per heavy atom. The van der Waals surface area contributed by atoms with E-state index in [0.29, 0.717) is 11.4 Å². The summed E-state index contributed by atoms with van der Waals surface area (Å²) in [6.07, 6.45) is 5.40. The maximum absolute atomic E-state index is 12.9. The summed E-state index contributed by atoms with van der Waals surface area (Å²) in [6.45, 7) is 1.65. The number of nitrogens with two attached hydrogens (primary N) is 2. The molecule has 1 amide bonds. The predicted octanol–water partition coefficient (Wildman–Crippen LogP) is 2.97. The Morgan fingerprint density at radius 2 is 2.18 bits per heavy atom. The summed E-state index contributed by atoms with van der Waals surface area (Å²) in [7, 11) is 0. The standard InChI is InChI=1S/C20H22N6OS/c21-13-3-1-9-26(12-13)17-7-8-23-11-16(17)25-20(27)19-14(22)5-6-15(24-19)18-4-2-10-28-18/h2,4-8,10-11,13H,1,3,9,12,21-22H2,(H,25,27). The monoisotopic (exact) mass is 394 g/mol. The highest BCUT2D eigenvalue weighted by molar-refractivity contribution is 7.13. The van der Waals surface area contributed by atoms with Gasteiger partial charge in [0.1, 0.15) is 0 Å². The molecule has 7 nitrogen and oxygen atoms in total. The number of piperidine rings is 1. The fourth-order valence-corrected chi connectivity index (χ4v) is 4.08. The number of hydrogen-bond donors (Lipinski definition) is 3. The first-order valence-electron chi connectivity index (χ1n) is 9.18. The van der Waals surface area contributed by atoms with Crippen molar-refractivity contribution in [2.75, 3.05) is 29.0 Å². The maximum Gasteiger partial charge on any atom is 0.276 e. The van der Waals surface area contributed by atoms with Gasteiger partial charge < -0.3 is 21.7 Å². The molecule has 3 aromatic heterocycles. The first-order valence-corrected chi connectivity index (χ1v) is 10.1. The number of pyridine rings is 2. The number of nitrogens with zero attached hydrogens (tertiary/aromatic N) is 3. The minimum Gasteiger partial charge on any atom is -0.397 e. The number of nitrogen functional groups attached to an aromatic ring is 1. The molecule has 4 heterocycles. The fourth-order valence-electron chi connectivity index (χ4n) is 3.38. The van der Waals surface area contributed by atoms with Gasteiger partial charge in [0.25, 0.3) is 5.91 Å². The van der Waals surface area contributed by atoms with Crippen molar-refractivity contribution >= 4 is 34.3 Å². The molecule has 4 rings (SSSR count). The topological polar surface area (TPSA) is 110 Å². The smallest absolute Gasteiger partial charge is 0.276 e. The Morgan fingerprint density at radius 3 is 2.96 bits per heavy atom. The lowest BCUT2D eigenvalue weighted by atomic mass is 10.1. The van der Waals surface area contributed by atoms with Crippen LogP contribution in [0.2, 0.25) is 0 Å². The van der Waals surface area contributed by atoms with Crippen LogP contribution in [0.15, 0.2) is 48.1 Å². The van der Waals surface area contributed by atoms with Crippen LogP contribution in [0.3, 0.4) is 0 Å².